The molecule has 2 aromatic heterocycles. The Hall–Kier alpha value is -3.96. The largest absolute Gasteiger partial charge is 0.377 e. The highest BCUT2D eigenvalue weighted by Crippen LogP contribution is 2.42. The van der Waals surface area contributed by atoms with Crippen LogP contribution in [0.3, 0.4) is 0 Å². The Balaban J connectivity index is 1.31. The number of carbonyl (C=O) groups is 2. The first-order valence-electron chi connectivity index (χ1n) is 10.8. The van der Waals surface area contributed by atoms with E-state index < -0.39 is 5.54 Å². The fraction of sp³-hybridized carbons (Fsp3) is 0.240. The van der Waals surface area contributed by atoms with Crippen molar-refractivity contribution in [2.45, 2.75) is 25.4 Å². The predicted molar refractivity (Wildman–Crippen MR) is 128 cm³/mol. The minimum absolute atomic E-state index is 0.0427. The zero-order valence-corrected chi connectivity index (χ0v) is 19.4. The number of carbonyl (C=O) groups excluding carboxylic acids is 2. The van der Waals surface area contributed by atoms with Crippen LogP contribution in [0.5, 0.6) is 0 Å². The Morgan fingerprint density at radius 2 is 2.03 bits per heavy atom. The molecule has 8 nitrogen and oxygen atoms in total. The number of nitrogens with one attached hydrogen (secondary N) is 1. The van der Waals surface area contributed by atoms with Crippen LogP contribution in [0, 0.1) is 11.3 Å². The molecule has 0 unspecified atom stereocenters. The number of halogens is 1. The molecule has 2 aliphatic heterocycles. The van der Waals surface area contributed by atoms with Crippen molar-refractivity contribution in [1.82, 2.24) is 14.9 Å². The summed E-state index contributed by atoms with van der Waals surface area (Å²) in [6.45, 7) is 4.92. The van der Waals surface area contributed by atoms with Crippen molar-refractivity contribution >= 4 is 34.8 Å². The van der Waals surface area contributed by atoms with Gasteiger partial charge in [0.15, 0.2) is 0 Å². The molecule has 0 bridgehead atoms. The first-order chi connectivity index (χ1) is 16.3. The number of nitrogens with zero attached hydrogens (tertiary/aromatic N) is 5. The highest BCUT2D eigenvalue weighted by Gasteiger charge is 2.44. The number of hydrogen-bond acceptors (Lipinski definition) is 6. The lowest BCUT2D eigenvalue weighted by molar-refractivity contribution is 0.0619. The number of pyridine rings is 2. The molecule has 1 fully saturated rings. The quantitative estimate of drug-likeness (QED) is 0.619. The van der Waals surface area contributed by atoms with Crippen LogP contribution in [0.2, 0.25) is 5.02 Å². The zero-order chi connectivity index (χ0) is 24.0. The van der Waals surface area contributed by atoms with Crippen LogP contribution in [-0.4, -0.2) is 45.8 Å². The first kappa shape index (κ1) is 21.9. The maximum atomic E-state index is 13.2. The molecule has 1 saturated heterocycles. The molecule has 2 aliphatic rings. The van der Waals surface area contributed by atoms with Crippen LogP contribution in [0.4, 0.5) is 11.4 Å². The van der Waals surface area contributed by atoms with Gasteiger partial charge in [0.1, 0.15) is 5.69 Å². The van der Waals surface area contributed by atoms with E-state index >= 15 is 0 Å². The van der Waals surface area contributed by atoms with Gasteiger partial charge in [0.2, 0.25) is 0 Å². The molecular formula is C25H21ClN6O2. The molecule has 0 aliphatic carbocycles. The van der Waals surface area contributed by atoms with Gasteiger partial charge in [0.25, 0.3) is 11.8 Å². The third kappa shape index (κ3) is 3.55. The van der Waals surface area contributed by atoms with Crippen LogP contribution >= 0.6 is 11.6 Å². The van der Waals surface area contributed by atoms with E-state index in [-0.39, 0.29) is 23.6 Å². The number of nitriles is 1. The number of amides is 2. The minimum atomic E-state index is -0.638. The third-order valence-electron chi connectivity index (χ3n) is 6.28. The minimum Gasteiger partial charge on any atom is -0.377 e. The number of fused-ring (bicyclic) bond motifs is 1. The highest BCUT2D eigenvalue weighted by molar-refractivity contribution is 6.33. The molecule has 1 N–H and O–H groups in total. The van der Waals surface area contributed by atoms with Gasteiger partial charge < -0.3 is 10.2 Å². The van der Waals surface area contributed by atoms with Crippen LogP contribution in [-0.2, 0) is 5.54 Å². The van der Waals surface area contributed by atoms with Gasteiger partial charge in [-0.05, 0) is 55.8 Å². The van der Waals surface area contributed by atoms with Crippen molar-refractivity contribution in [3.05, 3.63) is 82.4 Å². The van der Waals surface area contributed by atoms with Gasteiger partial charge >= 0.3 is 0 Å². The van der Waals surface area contributed by atoms with E-state index in [1.165, 1.54) is 0 Å². The number of rotatable bonds is 4. The normalized spacial score (nSPS) is 16.6. The molecule has 170 valence electrons. The molecular weight excluding hydrogens is 452 g/mol. The van der Waals surface area contributed by atoms with Gasteiger partial charge in [-0.2, -0.15) is 5.26 Å². The lowest BCUT2D eigenvalue weighted by Crippen LogP contribution is -2.57. The summed E-state index contributed by atoms with van der Waals surface area (Å²) >= 11 is 6.09. The van der Waals surface area contributed by atoms with E-state index in [0.29, 0.717) is 34.9 Å². The molecule has 0 saturated carbocycles. The molecule has 4 heterocycles. The fourth-order valence-electron chi connectivity index (χ4n) is 4.53. The summed E-state index contributed by atoms with van der Waals surface area (Å²) < 4.78 is 0. The van der Waals surface area contributed by atoms with Crippen molar-refractivity contribution < 1.29 is 9.59 Å². The highest BCUT2D eigenvalue weighted by atomic mass is 35.5. The Labute approximate surface area is 201 Å². The molecule has 5 rings (SSSR count). The Morgan fingerprint density at radius 1 is 1.24 bits per heavy atom. The number of anilines is 2. The molecule has 0 radical (unpaired) electrons. The monoisotopic (exact) mass is 472 g/mol. The summed E-state index contributed by atoms with van der Waals surface area (Å²) in [4.78, 5) is 37.6. The molecule has 1 aromatic carbocycles. The van der Waals surface area contributed by atoms with Crippen molar-refractivity contribution in [2.75, 3.05) is 23.3 Å². The molecule has 3 aromatic rings. The number of benzene rings is 1. The van der Waals surface area contributed by atoms with E-state index in [1.807, 2.05) is 19.9 Å². The predicted octanol–water partition coefficient (Wildman–Crippen LogP) is 3.83. The maximum absolute atomic E-state index is 13.2. The van der Waals surface area contributed by atoms with Gasteiger partial charge in [0, 0.05) is 24.8 Å². The topological polar surface area (TPSA) is 102 Å². The van der Waals surface area contributed by atoms with E-state index in [2.05, 4.69) is 21.4 Å². The van der Waals surface area contributed by atoms with Gasteiger partial charge in [-0.25, -0.2) is 4.98 Å². The lowest BCUT2D eigenvalue weighted by atomic mass is 9.92. The smallest absolute Gasteiger partial charge is 0.274 e. The molecule has 0 atom stereocenters. The maximum Gasteiger partial charge on any atom is 0.274 e. The molecule has 0 spiro atoms. The van der Waals surface area contributed by atoms with Gasteiger partial charge in [-0.1, -0.05) is 11.6 Å². The second-order valence-corrected chi connectivity index (χ2v) is 9.30. The number of hydrogen-bond donors (Lipinski definition) is 1. The van der Waals surface area contributed by atoms with Crippen LogP contribution in [0.15, 0.2) is 55.0 Å². The second kappa shape index (κ2) is 8.12. The molecule has 34 heavy (non-hydrogen) atoms. The summed E-state index contributed by atoms with van der Waals surface area (Å²) in [5.74, 6) is -0.328. The lowest BCUT2D eigenvalue weighted by Gasteiger charge is -2.40. The molecule has 2 amide bonds. The SMILES string of the molecule is CC1(C)c2cc(C#N)ccc2C(=O)N1c1cncc(NC2CN(C(=O)c3ncccc3Cl)C2)c1. The fourth-order valence-corrected chi connectivity index (χ4v) is 4.74. The van der Waals surface area contributed by atoms with Gasteiger partial charge in [-0.3, -0.25) is 19.5 Å². The summed E-state index contributed by atoms with van der Waals surface area (Å²) in [7, 11) is 0. The Kier molecular flexibility index (Phi) is 5.22. The van der Waals surface area contributed by atoms with Crippen LogP contribution in [0.25, 0.3) is 0 Å². The van der Waals surface area contributed by atoms with E-state index in [0.717, 1.165) is 11.3 Å². The van der Waals surface area contributed by atoms with Crippen molar-refractivity contribution in [1.29, 1.82) is 5.26 Å². The molecule has 9 heteroatoms. The van der Waals surface area contributed by atoms with E-state index in [9.17, 15) is 14.9 Å². The summed E-state index contributed by atoms with van der Waals surface area (Å²) in [5.41, 5.74) is 2.94. The standard InChI is InChI=1S/C25H21ClN6O2/c1-25(2)20-8-15(10-27)5-6-19(20)23(33)32(25)18-9-16(11-28-12-18)30-17-13-31(14-17)24(34)22-21(26)4-3-7-29-22/h3-9,11-12,17,30H,13-14H2,1-2H3. The van der Waals surface area contributed by atoms with Crippen LogP contribution < -0.4 is 10.2 Å². The van der Waals surface area contributed by atoms with Gasteiger partial charge in [-0.15, -0.1) is 0 Å². The van der Waals surface area contributed by atoms with E-state index in [1.54, 1.807) is 58.7 Å². The third-order valence-corrected chi connectivity index (χ3v) is 6.59. The van der Waals surface area contributed by atoms with Gasteiger partial charge in [0.05, 0.1) is 52.0 Å². The summed E-state index contributed by atoms with van der Waals surface area (Å²) in [6.07, 6.45) is 4.89. The van der Waals surface area contributed by atoms with E-state index in [4.69, 9.17) is 11.6 Å². The zero-order valence-electron chi connectivity index (χ0n) is 18.6. The Bertz CT molecular complexity index is 1360. The first-order valence-corrected chi connectivity index (χ1v) is 11.2. The Morgan fingerprint density at radius 3 is 2.76 bits per heavy atom. The van der Waals surface area contributed by atoms with Crippen LogP contribution in [0.1, 0.15) is 45.8 Å². The van der Waals surface area contributed by atoms with Crippen molar-refractivity contribution in [3.63, 3.8) is 0 Å². The van der Waals surface area contributed by atoms with Crippen molar-refractivity contribution in [3.8, 4) is 6.07 Å². The average molecular weight is 473 g/mol. The number of likely N-dealkylation sites (tertiary alicyclic amines) is 1. The van der Waals surface area contributed by atoms with Crippen molar-refractivity contribution in [2.24, 2.45) is 0 Å². The second-order valence-electron chi connectivity index (χ2n) is 8.89. The summed E-state index contributed by atoms with van der Waals surface area (Å²) in [6, 6.07) is 12.5. The summed E-state index contributed by atoms with van der Waals surface area (Å²) in [5, 5.41) is 13.0. The number of aromatic nitrogens is 2. The average Bonchev–Trinajstić information content (AvgIpc) is 3.00.